The molecule has 0 spiro atoms. The first-order valence-electron chi connectivity index (χ1n) is 10.1. The van der Waals surface area contributed by atoms with E-state index in [0.29, 0.717) is 0 Å². The van der Waals surface area contributed by atoms with Crippen molar-refractivity contribution in [2.75, 3.05) is 0 Å². The topological polar surface area (TPSA) is 40.5 Å². The van der Waals surface area contributed by atoms with Gasteiger partial charge in [0.1, 0.15) is 11.5 Å². The van der Waals surface area contributed by atoms with Crippen molar-refractivity contribution in [3.63, 3.8) is 0 Å². The van der Waals surface area contributed by atoms with Gasteiger partial charge < -0.3 is 10.2 Å². The van der Waals surface area contributed by atoms with E-state index in [2.05, 4.69) is 25.2 Å². The fraction of sp³-hybridized carbons (Fsp3) is 0.360. The Hall–Kier alpha value is -2.48. The second-order valence-electron chi connectivity index (χ2n) is 6.63. The SMILES string of the molecule is CCCCCCCCC/C=C/C=C/C=C/C=C/C=C/c1cc(O)cc(O)c1. The number of phenols is 2. The molecule has 1 aromatic carbocycles. The Bertz CT molecular complexity index is 628. The van der Waals surface area contributed by atoms with Crippen molar-refractivity contribution in [3.8, 4) is 11.5 Å². The number of hydrogen-bond donors (Lipinski definition) is 2. The van der Waals surface area contributed by atoms with Crippen molar-refractivity contribution in [2.24, 2.45) is 0 Å². The van der Waals surface area contributed by atoms with Gasteiger partial charge in [-0.05, 0) is 30.5 Å². The molecule has 0 aliphatic heterocycles. The highest BCUT2D eigenvalue weighted by molar-refractivity contribution is 5.56. The third kappa shape index (κ3) is 13.4. The van der Waals surface area contributed by atoms with Crippen molar-refractivity contribution >= 4 is 6.08 Å². The maximum Gasteiger partial charge on any atom is 0.119 e. The van der Waals surface area contributed by atoms with Crippen LogP contribution >= 0.6 is 0 Å². The van der Waals surface area contributed by atoms with Crippen LogP contribution in [0.4, 0.5) is 0 Å². The van der Waals surface area contributed by atoms with Gasteiger partial charge in [-0.3, -0.25) is 0 Å². The van der Waals surface area contributed by atoms with Crippen LogP contribution in [0.2, 0.25) is 0 Å². The molecule has 2 heteroatoms. The number of hydrogen-bond acceptors (Lipinski definition) is 2. The zero-order valence-corrected chi connectivity index (χ0v) is 16.6. The molecule has 0 saturated carbocycles. The summed E-state index contributed by atoms with van der Waals surface area (Å²) < 4.78 is 0. The van der Waals surface area contributed by atoms with E-state index in [9.17, 15) is 10.2 Å². The van der Waals surface area contributed by atoms with Gasteiger partial charge in [0.05, 0.1) is 0 Å². The molecule has 0 heterocycles. The summed E-state index contributed by atoms with van der Waals surface area (Å²) >= 11 is 0. The molecule has 146 valence electrons. The van der Waals surface area contributed by atoms with Crippen molar-refractivity contribution in [2.45, 2.75) is 58.3 Å². The molecule has 0 aliphatic carbocycles. The number of benzene rings is 1. The summed E-state index contributed by atoms with van der Waals surface area (Å²) in [5.74, 6) is 0.118. The molecule has 2 N–H and O–H groups in total. The minimum atomic E-state index is 0.0590. The summed E-state index contributed by atoms with van der Waals surface area (Å²) in [5, 5.41) is 18.8. The van der Waals surface area contributed by atoms with Crippen LogP contribution in [0.15, 0.2) is 72.9 Å². The third-order valence-electron chi connectivity index (χ3n) is 4.10. The summed E-state index contributed by atoms with van der Waals surface area (Å²) in [6.07, 6.45) is 30.6. The first kappa shape index (κ1) is 22.6. The summed E-state index contributed by atoms with van der Waals surface area (Å²) in [5.41, 5.74) is 0.757. The zero-order valence-electron chi connectivity index (χ0n) is 16.6. The number of rotatable bonds is 13. The van der Waals surface area contributed by atoms with Gasteiger partial charge in [-0.25, -0.2) is 0 Å². The van der Waals surface area contributed by atoms with E-state index < -0.39 is 0 Å². The van der Waals surface area contributed by atoms with Gasteiger partial charge in [0, 0.05) is 6.07 Å². The van der Waals surface area contributed by atoms with E-state index in [0.717, 1.165) is 12.0 Å². The molecule has 0 unspecified atom stereocenters. The van der Waals surface area contributed by atoms with Gasteiger partial charge in [-0.15, -0.1) is 0 Å². The van der Waals surface area contributed by atoms with E-state index in [1.807, 2.05) is 42.5 Å². The Morgan fingerprint density at radius 2 is 1.15 bits per heavy atom. The molecule has 0 bridgehead atoms. The molecule has 1 rings (SSSR count). The smallest absolute Gasteiger partial charge is 0.119 e. The van der Waals surface area contributed by atoms with Gasteiger partial charge >= 0.3 is 0 Å². The molecule has 1 aromatic rings. The average molecular weight is 367 g/mol. The fourth-order valence-corrected chi connectivity index (χ4v) is 2.66. The van der Waals surface area contributed by atoms with E-state index >= 15 is 0 Å². The number of unbranched alkanes of at least 4 members (excludes halogenated alkanes) is 7. The highest BCUT2D eigenvalue weighted by Gasteiger charge is 1.94. The van der Waals surface area contributed by atoms with Gasteiger partial charge in [-0.1, -0.05) is 106 Å². The molecule has 0 amide bonds. The lowest BCUT2D eigenvalue weighted by Gasteiger charge is -1.98. The molecule has 0 fully saturated rings. The Balaban J connectivity index is 2.11. The Kier molecular flexibility index (Phi) is 13.2. The van der Waals surface area contributed by atoms with Crippen molar-refractivity contribution < 1.29 is 10.2 Å². The van der Waals surface area contributed by atoms with Crippen LogP contribution in [0.5, 0.6) is 11.5 Å². The molecular formula is C25H34O2. The molecule has 0 aliphatic rings. The normalized spacial score (nSPS) is 12.6. The molecule has 0 radical (unpaired) electrons. The van der Waals surface area contributed by atoms with Gasteiger partial charge in [0.2, 0.25) is 0 Å². The molecule has 2 nitrogen and oxygen atoms in total. The van der Waals surface area contributed by atoms with Crippen LogP contribution in [-0.4, -0.2) is 10.2 Å². The maximum atomic E-state index is 9.40. The molecule has 0 saturated heterocycles. The van der Waals surface area contributed by atoms with Gasteiger partial charge in [-0.2, -0.15) is 0 Å². The minimum absolute atomic E-state index is 0.0590. The van der Waals surface area contributed by atoms with E-state index in [4.69, 9.17) is 0 Å². The fourth-order valence-electron chi connectivity index (χ4n) is 2.66. The summed E-state index contributed by atoms with van der Waals surface area (Å²) in [6.45, 7) is 2.26. The second kappa shape index (κ2) is 15.7. The lowest BCUT2D eigenvalue weighted by Crippen LogP contribution is -1.78. The molecule has 27 heavy (non-hydrogen) atoms. The Morgan fingerprint density at radius 3 is 1.78 bits per heavy atom. The summed E-state index contributed by atoms with van der Waals surface area (Å²) in [7, 11) is 0. The van der Waals surface area contributed by atoms with Crippen molar-refractivity contribution in [1.29, 1.82) is 0 Å². The first-order valence-corrected chi connectivity index (χ1v) is 10.1. The summed E-state index contributed by atoms with van der Waals surface area (Å²) in [4.78, 5) is 0. The van der Waals surface area contributed by atoms with Crippen LogP contribution in [0, 0.1) is 0 Å². The molecule has 0 aromatic heterocycles. The number of phenolic OH excluding ortho intramolecular Hbond substituents is 2. The van der Waals surface area contributed by atoms with Crippen LogP contribution in [0.25, 0.3) is 6.08 Å². The summed E-state index contributed by atoms with van der Waals surface area (Å²) in [6, 6.07) is 4.51. The van der Waals surface area contributed by atoms with E-state index in [-0.39, 0.29) is 11.5 Å². The second-order valence-corrected chi connectivity index (χ2v) is 6.63. The highest BCUT2D eigenvalue weighted by Crippen LogP contribution is 2.21. The number of aromatic hydroxyl groups is 2. The lowest BCUT2D eigenvalue weighted by atomic mass is 10.1. The first-order chi connectivity index (χ1) is 13.2. The van der Waals surface area contributed by atoms with Crippen LogP contribution < -0.4 is 0 Å². The molecule has 0 atom stereocenters. The lowest BCUT2D eigenvalue weighted by molar-refractivity contribution is 0.450. The number of allylic oxidation sites excluding steroid dienone is 9. The van der Waals surface area contributed by atoms with Crippen LogP contribution in [0.1, 0.15) is 63.9 Å². The third-order valence-corrected chi connectivity index (χ3v) is 4.10. The largest absolute Gasteiger partial charge is 0.508 e. The average Bonchev–Trinajstić information content (AvgIpc) is 2.63. The zero-order chi connectivity index (χ0) is 19.6. The van der Waals surface area contributed by atoms with Crippen LogP contribution in [-0.2, 0) is 0 Å². The van der Waals surface area contributed by atoms with Gasteiger partial charge in [0.25, 0.3) is 0 Å². The Labute approximate surface area is 165 Å². The van der Waals surface area contributed by atoms with Crippen molar-refractivity contribution in [1.82, 2.24) is 0 Å². The Morgan fingerprint density at radius 1 is 0.630 bits per heavy atom. The monoisotopic (exact) mass is 366 g/mol. The highest BCUT2D eigenvalue weighted by atomic mass is 16.3. The molecular weight excluding hydrogens is 332 g/mol. The minimum Gasteiger partial charge on any atom is -0.508 e. The predicted octanol–water partition coefficient (Wildman–Crippen LogP) is 7.48. The van der Waals surface area contributed by atoms with Crippen LogP contribution in [0.3, 0.4) is 0 Å². The van der Waals surface area contributed by atoms with Gasteiger partial charge in [0.15, 0.2) is 0 Å². The van der Waals surface area contributed by atoms with E-state index in [1.165, 1.54) is 51.0 Å². The van der Waals surface area contributed by atoms with Crippen molar-refractivity contribution in [3.05, 3.63) is 78.4 Å². The predicted molar refractivity (Wildman–Crippen MR) is 118 cm³/mol. The van der Waals surface area contributed by atoms with E-state index in [1.54, 1.807) is 12.1 Å². The quantitative estimate of drug-likeness (QED) is 0.281. The standard InChI is InChI=1S/C25H34O2/c1-2-3-4-5-6-7-8-9-10-11-12-13-14-15-16-17-18-19-23-20-24(26)22-25(27)21-23/h10-22,26-27H,2-9H2,1H3/b11-10+,13-12+,15-14+,17-16+,19-18+. The maximum absolute atomic E-state index is 9.40.